The number of aromatic nitrogens is 2. The Labute approximate surface area is 119 Å². The normalized spacial score (nSPS) is 13.1. The molecule has 4 nitrogen and oxygen atoms in total. The fourth-order valence-electron chi connectivity index (χ4n) is 2.64. The first-order valence-electron chi connectivity index (χ1n) is 7.42. The molecule has 2 rings (SSSR count). The van der Waals surface area contributed by atoms with Gasteiger partial charge in [0.25, 0.3) is 5.56 Å². The van der Waals surface area contributed by atoms with Crippen LogP contribution in [0.15, 0.2) is 29.1 Å². The van der Waals surface area contributed by atoms with Crippen molar-refractivity contribution in [2.75, 3.05) is 0 Å². The SMILES string of the molecule is CC[C@@H]([NH2+]C(C)C)c1nc2ccccc2c(=O)n1CC. The molecule has 0 fully saturated rings. The highest BCUT2D eigenvalue weighted by Crippen LogP contribution is 2.14. The van der Waals surface area contributed by atoms with Crippen LogP contribution in [0.25, 0.3) is 10.9 Å². The second-order valence-electron chi connectivity index (χ2n) is 5.49. The quantitative estimate of drug-likeness (QED) is 0.904. The van der Waals surface area contributed by atoms with Crippen molar-refractivity contribution in [2.24, 2.45) is 0 Å². The summed E-state index contributed by atoms with van der Waals surface area (Å²) in [5.74, 6) is 0.896. The van der Waals surface area contributed by atoms with E-state index in [0.717, 1.165) is 17.8 Å². The Hall–Kier alpha value is -1.68. The lowest BCUT2D eigenvalue weighted by molar-refractivity contribution is -0.723. The van der Waals surface area contributed by atoms with Crippen molar-refractivity contribution in [3.05, 3.63) is 40.4 Å². The predicted molar refractivity (Wildman–Crippen MR) is 81.8 cm³/mol. The lowest BCUT2D eigenvalue weighted by atomic mass is 10.1. The maximum atomic E-state index is 12.6. The second-order valence-corrected chi connectivity index (χ2v) is 5.49. The molecule has 1 aromatic heterocycles. The summed E-state index contributed by atoms with van der Waals surface area (Å²) in [5, 5.41) is 2.99. The average molecular weight is 274 g/mol. The molecule has 108 valence electrons. The van der Waals surface area contributed by atoms with Gasteiger partial charge in [0.1, 0.15) is 6.04 Å². The molecule has 0 saturated heterocycles. The van der Waals surface area contributed by atoms with Crippen LogP contribution in [0.2, 0.25) is 0 Å². The highest BCUT2D eigenvalue weighted by molar-refractivity contribution is 5.77. The van der Waals surface area contributed by atoms with Crippen LogP contribution in [0, 0.1) is 0 Å². The van der Waals surface area contributed by atoms with Gasteiger partial charge in [-0.1, -0.05) is 19.1 Å². The van der Waals surface area contributed by atoms with Gasteiger partial charge < -0.3 is 5.32 Å². The molecule has 0 aliphatic rings. The molecule has 0 spiro atoms. The Morgan fingerprint density at radius 1 is 1.25 bits per heavy atom. The van der Waals surface area contributed by atoms with Gasteiger partial charge in [-0.2, -0.15) is 0 Å². The van der Waals surface area contributed by atoms with Gasteiger partial charge in [0.15, 0.2) is 5.82 Å². The first-order chi connectivity index (χ1) is 9.58. The van der Waals surface area contributed by atoms with E-state index in [4.69, 9.17) is 4.98 Å². The summed E-state index contributed by atoms with van der Waals surface area (Å²) in [6.45, 7) is 9.14. The van der Waals surface area contributed by atoms with Crippen LogP contribution in [0.1, 0.15) is 46.0 Å². The summed E-state index contributed by atoms with van der Waals surface area (Å²) in [4.78, 5) is 17.4. The van der Waals surface area contributed by atoms with E-state index in [0.29, 0.717) is 18.0 Å². The number of nitrogens with two attached hydrogens (primary N) is 1. The average Bonchev–Trinajstić information content (AvgIpc) is 2.44. The molecule has 0 aliphatic heterocycles. The van der Waals surface area contributed by atoms with E-state index >= 15 is 0 Å². The number of benzene rings is 1. The number of hydrogen-bond acceptors (Lipinski definition) is 2. The fraction of sp³-hybridized carbons (Fsp3) is 0.500. The predicted octanol–water partition coefficient (Wildman–Crippen LogP) is 1.84. The van der Waals surface area contributed by atoms with Crippen molar-refractivity contribution in [1.82, 2.24) is 9.55 Å². The zero-order chi connectivity index (χ0) is 14.7. The largest absolute Gasteiger partial charge is 0.336 e. The van der Waals surface area contributed by atoms with Crippen LogP contribution < -0.4 is 10.9 Å². The third-order valence-corrected chi connectivity index (χ3v) is 3.60. The molecule has 1 aromatic carbocycles. The van der Waals surface area contributed by atoms with E-state index in [1.165, 1.54) is 0 Å². The molecule has 2 aromatic rings. The summed E-state index contributed by atoms with van der Waals surface area (Å²) in [6, 6.07) is 8.31. The minimum atomic E-state index is 0.0729. The van der Waals surface area contributed by atoms with Crippen LogP contribution in [0.4, 0.5) is 0 Å². The van der Waals surface area contributed by atoms with E-state index in [2.05, 4.69) is 26.1 Å². The van der Waals surface area contributed by atoms with Crippen molar-refractivity contribution < 1.29 is 5.32 Å². The van der Waals surface area contributed by atoms with E-state index in [1.807, 2.05) is 35.8 Å². The topological polar surface area (TPSA) is 51.5 Å². The van der Waals surface area contributed by atoms with Crippen molar-refractivity contribution in [3.63, 3.8) is 0 Å². The summed E-state index contributed by atoms with van der Waals surface area (Å²) < 4.78 is 1.81. The molecular formula is C16H24N3O+. The first-order valence-corrected chi connectivity index (χ1v) is 7.42. The third-order valence-electron chi connectivity index (χ3n) is 3.60. The van der Waals surface area contributed by atoms with Gasteiger partial charge in [-0.3, -0.25) is 9.36 Å². The number of quaternary nitrogens is 1. The summed E-state index contributed by atoms with van der Waals surface area (Å²) >= 11 is 0. The highest BCUT2D eigenvalue weighted by Gasteiger charge is 2.21. The molecular weight excluding hydrogens is 250 g/mol. The number of nitrogens with zero attached hydrogens (tertiary/aromatic N) is 2. The van der Waals surface area contributed by atoms with E-state index in [9.17, 15) is 4.79 Å². The van der Waals surface area contributed by atoms with Gasteiger partial charge in [-0.25, -0.2) is 4.98 Å². The molecule has 20 heavy (non-hydrogen) atoms. The van der Waals surface area contributed by atoms with Crippen LogP contribution in [-0.2, 0) is 6.54 Å². The first kappa shape index (κ1) is 14.7. The van der Waals surface area contributed by atoms with Crippen LogP contribution in [0.3, 0.4) is 0 Å². The van der Waals surface area contributed by atoms with Crippen LogP contribution >= 0.6 is 0 Å². The Bertz CT molecular complexity index is 646. The highest BCUT2D eigenvalue weighted by atomic mass is 16.1. The second kappa shape index (κ2) is 6.18. The number of rotatable bonds is 5. The van der Waals surface area contributed by atoms with E-state index < -0.39 is 0 Å². The Kier molecular flexibility index (Phi) is 4.55. The smallest absolute Gasteiger partial charge is 0.261 e. The molecule has 2 N–H and O–H groups in total. The van der Waals surface area contributed by atoms with Crippen LogP contribution in [0.5, 0.6) is 0 Å². The number of hydrogen-bond donors (Lipinski definition) is 1. The lowest BCUT2D eigenvalue weighted by Gasteiger charge is -2.20. The van der Waals surface area contributed by atoms with Crippen molar-refractivity contribution in [3.8, 4) is 0 Å². The fourth-order valence-corrected chi connectivity index (χ4v) is 2.64. The maximum Gasteiger partial charge on any atom is 0.261 e. The summed E-state index contributed by atoms with van der Waals surface area (Å²) in [6.07, 6.45) is 0.961. The van der Waals surface area contributed by atoms with Crippen LogP contribution in [-0.4, -0.2) is 15.6 Å². The Morgan fingerprint density at radius 3 is 2.55 bits per heavy atom. The molecule has 1 atom stereocenters. The molecule has 0 radical (unpaired) electrons. The minimum absolute atomic E-state index is 0.0729. The minimum Gasteiger partial charge on any atom is -0.336 e. The van der Waals surface area contributed by atoms with Gasteiger partial charge in [-0.15, -0.1) is 0 Å². The van der Waals surface area contributed by atoms with Crippen molar-refractivity contribution in [1.29, 1.82) is 0 Å². The molecule has 0 aliphatic carbocycles. The van der Waals surface area contributed by atoms with E-state index in [-0.39, 0.29) is 11.6 Å². The van der Waals surface area contributed by atoms with Crippen molar-refractivity contribution >= 4 is 10.9 Å². The lowest BCUT2D eigenvalue weighted by Crippen LogP contribution is -2.89. The Balaban J connectivity index is 2.65. The number of fused-ring (bicyclic) bond motifs is 1. The maximum absolute atomic E-state index is 12.6. The van der Waals surface area contributed by atoms with Gasteiger partial charge in [0, 0.05) is 13.0 Å². The summed E-state index contributed by atoms with van der Waals surface area (Å²) in [5.41, 5.74) is 0.872. The Morgan fingerprint density at radius 2 is 1.95 bits per heavy atom. The molecule has 1 heterocycles. The van der Waals surface area contributed by atoms with Gasteiger partial charge in [0.05, 0.1) is 16.9 Å². The number of para-hydroxylation sites is 1. The zero-order valence-electron chi connectivity index (χ0n) is 12.8. The molecule has 0 unspecified atom stereocenters. The van der Waals surface area contributed by atoms with Crippen molar-refractivity contribution in [2.45, 2.75) is 52.7 Å². The zero-order valence-corrected chi connectivity index (χ0v) is 12.8. The monoisotopic (exact) mass is 274 g/mol. The molecule has 0 bridgehead atoms. The van der Waals surface area contributed by atoms with Gasteiger partial charge >= 0.3 is 0 Å². The molecule has 0 saturated carbocycles. The standard InChI is InChI=1S/C16H23N3O/c1-5-13(17-11(3)4)15-18-14-10-8-7-9-12(14)16(20)19(15)6-2/h7-11,13,17H,5-6H2,1-4H3/p+1/t13-/m1/s1. The van der Waals surface area contributed by atoms with Gasteiger partial charge in [-0.05, 0) is 32.9 Å². The molecule has 4 heteroatoms. The third kappa shape index (κ3) is 2.75. The molecule has 0 amide bonds. The summed E-state index contributed by atoms with van der Waals surface area (Å²) in [7, 11) is 0. The van der Waals surface area contributed by atoms with Gasteiger partial charge in [0.2, 0.25) is 0 Å². The van der Waals surface area contributed by atoms with E-state index in [1.54, 1.807) is 0 Å².